The summed E-state index contributed by atoms with van der Waals surface area (Å²) in [5.41, 5.74) is 1.15. The fourth-order valence-electron chi connectivity index (χ4n) is 1.22. The lowest BCUT2D eigenvalue weighted by Gasteiger charge is -2.08. The molecular weight excluding hydrogens is 263 g/mol. The standard InChI is InChI=1S/C11H14BrClO/c1-8(7-14)2-3-9-4-5-10(12)6-11(9)13/h4-6,8,14H,2-3,7H2,1H3. The van der Waals surface area contributed by atoms with Crippen molar-refractivity contribution in [2.45, 2.75) is 19.8 Å². The second-order valence-electron chi connectivity index (χ2n) is 3.56. The maximum Gasteiger partial charge on any atom is 0.0456 e. The lowest BCUT2D eigenvalue weighted by atomic mass is 10.0. The van der Waals surface area contributed by atoms with E-state index in [9.17, 15) is 0 Å². The van der Waals surface area contributed by atoms with Crippen LogP contribution in [0.3, 0.4) is 0 Å². The molecule has 0 spiro atoms. The molecule has 0 aromatic heterocycles. The Labute approximate surface area is 98.2 Å². The maximum atomic E-state index is 8.89. The highest BCUT2D eigenvalue weighted by Gasteiger charge is 2.04. The molecule has 1 unspecified atom stereocenters. The molecule has 0 saturated heterocycles. The Kier molecular flexibility index (Phi) is 4.93. The van der Waals surface area contributed by atoms with Crippen molar-refractivity contribution in [2.24, 2.45) is 5.92 Å². The second-order valence-corrected chi connectivity index (χ2v) is 4.89. The Bertz CT molecular complexity index is 301. The van der Waals surface area contributed by atoms with Gasteiger partial charge in [0.2, 0.25) is 0 Å². The highest BCUT2D eigenvalue weighted by atomic mass is 79.9. The largest absolute Gasteiger partial charge is 0.396 e. The van der Waals surface area contributed by atoms with E-state index in [2.05, 4.69) is 15.9 Å². The maximum absolute atomic E-state index is 8.89. The monoisotopic (exact) mass is 276 g/mol. The number of halogens is 2. The first-order valence-corrected chi connectivity index (χ1v) is 5.85. The first-order valence-electron chi connectivity index (χ1n) is 4.68. The summed E-state index contributed by atoms with van der Waals surface area (Å²) in [6.07, 6.45) is 1.89. The van der Waals surface area contributed by atoms with Crippen molar-refractivity contribution in [3.05, 3.63) is 33.3 Å². The van der Waals surface area contributed by atoms with E-state index in [4.69, 9.17) is 16.7 Å². The quantitative estimate of drug-likeness (QED) is 0.890. The zero-order chi connectivity index (χ0) is 10.6. The summed E-state index contributed by atoms with van der Waals surface area (Å²) >= 11 is 9.43. The summed E-state index contributed by atoms with van der Waals surface area (Å²) < 4.78 is 1.00. The van der Waals surface area contributed by atoms with E-state index in [1.54, 1.807) is 0 Å². The van der Waals surface area contributed by atoms with Crippen LogP contribution in [0.1, 0.15) is 18.9 Å². The minimum Gasteiger partial charge on any atom is -0.396 e. The van der Waals surface area contributed by atoms with E-state index in [1.807, 2.05) is 25.1 Å². The van der Waals surface area contributed by atoms with Crippen LogP contribution in [0.5, 0.6) is 0 Å². The Morgan fingerprint density at radius 3 is 2.79 bits per heavy atom. The van der Waals surface area contributed by atoms with E-state index in [1.165, 1.54) is 0 Å². The van der Waals surface area contributed by atoms with Crippen molar-refractivity contribution in [3.63, 3.8) is 0 Å². The summed E-state index contributed by atoms with van der Waals surface area (Å²) in [5.74, 6) is 0.342. The summed E-state index contributed by atoms with van der Waals surface area (Å²) in [4.78, 5) is 0. The molecule has 0 saturated carbocycles. The minimum absolute atomic E-state index is 0.244. The van der Waals surface area contributed by atoms with Crippen molar-refractivity contribution in [1.82, 2.24) is 0 Å². The average molecular weight is 278 g/mol. The molecule has 0 heterocycles. The molecule has 0 fully saturated rings. The van der Waals surface area contributed by atoms with Crippen molar-refractivity contribution in [3.8, 4) is 0 Å². The highest BCUT2D eigenvalue weighted by Crippen LogP contribution is 2.23. The van der Waals surface area contributed by atoms with Gasteiger partial charge in [-0.1, -0.05) is 40.5 Å². The van der Waals surface area contributed by atoms with Crippen LogP contribution in [-0.2, 0) is 6.42 Å². The van der Waals surface area contributed by atoms with Crippen LogP contribution in [0.25, 0.3) is 0 Å². The second kappa shape index (κ2) is 5.74. The normalized spacial score (nSPS) is 12.9. The molecule has 1 aromatic rings. The molecule has 1 N–H and O–H groups in total. The van der Waals surface area contributed by atoms with E-state index in [-0.39, 0.29) is 6.61 Å². The third-order valence-corrected chi connectivity index (χ3v) is 3.08. The number of benzene rings is 1. The smallest absolute Gasteiger partial charge is 0.0456 e. The molecule has 0 bridgehead atoms. The Morgan fingerprint density at radius 2 is 2.21 bits per heavy atom. The molecule has 3 heteroatoms. The number of hydrogen-bond acceptors (Lipinski definition) is 1. The van der Waals surface area contributed by atoms with Gasteiger partial charge in [0.1, 0.15) is 0 Å². The van der Waals surface area contributed by atoms with Crippen molar-refractivity contribution >= 4 is 27.5 Å². The van der Waals surface area contributed by atoms with Crippen molar-refractivity contribution in [2.75, 3.05) is 6.61 Å². The molecule has 1 aromatic carbocycles. The first kappa shape index (κ1) is 12.0. The number of aryl methyl sites for hydroxylation is 1. The van der Waals surface area contributed by atoms with Crippen LogP contribution in [0.4, 0.5) is 0 Å². The van der Waals surface area contributed by atoms with E-state index >= 15 is 0 Å². The van der Waals surface area contributed by atoms with Gasteiger partial charge in [0.05, 0.1) is 0 Å². The molecule has 0 amide bonds. The van der Waals surface area contributed by atoms with Crippen LogP contribution < -0.4 is 0 Å². The fraction of sp³-hybridized carbons (Fsp3) is 0.455. The number of hydrogen-bond donors (Lipinski definition) is 1. The Balaban J connectivity index is 2.59. The van der Waals surface area contributed by atoms with E-state index in [0.29, 0.717) is 5.92 Å². The molecule has 1 rings (SSSR count). The van der Waals surface area contributed by atoms with Gasteiger partial charge in [-0.15, -0.1) is 0 Å². The third-order valence-electron chi connectivity index (χ3n) is 2.23. The van der Waals surface area contributed by atoms with Gasteiger partial charge in [-0.3, -0.25) is 0 Å². The summed E-state index contributed by atoms with van der Waals surface area (Å²) in [6.45, 7) is 2.28. The fourth-order valence-corrected chi connectivity index (χ4v) is 1.99. The molecule has 0 aliphatic rings. The topological polar surface area (TPSA) is 20.2 Å². The van der Waals surface area contributed by atoms with E-state index < -0.39 is 0 Å². The lowest BCUT2D eigenvalue weighted by Crippen LogP contribution is -2.02. The van der Waals surface area contributed by atoms with Crippen LogP contribution >= 0.6 is 27.5 Å². The molecule has 1 atom stereocenters. The molecular formula is C11H14BrClO. The summed E-state index contributed by atoms with van der Waals surface area (Å²) in [7, 11) is 0. The summed E-state index contributed by atoms with van der Waals surface area (Å²) in [5, 5.41) is 9.68. The predicted molar refractivity (Wildman–Crippen MR) is 63.7 cm³/mol. The van der Waals surface area contributed by atoms with Crippen LogP contribution in [-0.4, -0.2) is 11.7 Å². The highest BCUT2D eigenvalue weighted by molar-refractivity contribution is 9.10. The van der Waals surface area contributed by atoms with Gasteiger partial charge < -0.3 is 5.11 Å². The summed E-state index contributed by atoms with van der Waals surface area (Å²) in [6, 6.07) is 5.92. The first-order chi connectivity index (χ1) is 6.63. The average Bonchev–Trinajstić information content (AvgIpc) is 2.16. The number of aliphatic hydroxyl groups excluding tert-OH is 1. The lowest BCUT2D eigenvalue weighted by molar-refractivity contribution is 0.230. The molecule has 14 heavy (non-hydrogen) atoms. The Morgan fingerprint density at radius 1 is 1.50 bits per heavy atom. The molecule has 1 nitrogen and oxygen atoms in total. The number of rotatable bonds is 4. The molecule has 78 valence electrons. The van der Waals surface area contributed by atoms with Crippen LogP contribution in [0, 0.1) is 5.92 Å². The minimum atomic E-state index is 0.244. The van der Waals surface area contributed by atoms with Crippen LogP contribution in [0.15, 0.2) is 22.7 Å². The predicted octanol–water partition coefficient (Wildman–Crippen LogP) is 3.66. The van der Waals surface area contributed by atoms with Gasteiger partial charge >= 0.3 is 0 Å². The zero-order valence-electron chi connectivity index (χ0n) is 8.13. The van der Waals surface area contributed by atoms with Gasteiger partial charge in [0.15, 0.2) is 0 Å². The SMILES string of the molecule is CC(CO)CCc1ccc(Br)cc1Cl. The number of aliphatic hydroxyl groups is 1. The van der Waals surface area contributed by atoms with E-state index in [0.717, 1.165) is 27.9 Å². The van der Waals surface area contributed by atoms with Gasteiger partial charge in [0.25, 0.3) is 0 Å². The zero-order valence-corrected chi connectivity index (χ0v) is 10.5. The van der Waals surface area contributed by atoms with Gasteiger partial charge in [0, 0.05) is 16.1 Å². The molecule has 0 aliphatic carbocycles. The van der Waals surface area contributed by atoms with Gasteiger partial charge in [-0.25, -0.2) is 0 Å². The molecule has 0 radical (unpaired) electrons. The van der Waals surface area contributed by atoms with Gasteiger partial charge in [-0.05, 0) is 36.5 Å². The third kappa shape index (κ3) is 3.60. The van der Waals surface area contributed by atoms with Crippen molar-refractivity contribution in [1.29, 1.82) is 0 Å². The molecule has 0 aliphatic heterocycles. The van der Waals surface area contributed by atoms with Gasteiger partial charge in [-0.2, -0.15) is 0 Å². The Hall–Kier alpha value is -0.0500. The van der Waals surface area contributed by atoms with Crippen LogP contribution in [0.2, 0.25) is 5.02 Å². The van der Waals surface area contributed by atoms with Crippen molar-refractivity contribution < 1.29 is 5.11 Å².